The van der Waals surface area contributed by atoms with E-state index >= 15 is 0 Å². The van der Waals surface area contributed by atoms with Crippen LogP contribution in [0.4, 0.5) is 5.13 Å². The van der Waals surface area contributed by atoms with Gasteiger partial charge in [0.2, 0.25) is 0 Å². The summed E-state index contributed by atoms with van der Waals surface area (Å²) in [4.78, 5) is 16.6. The summed E-state index contributed by atoms with van der Waals surface area (Å²) in [5, 5.41) is 15.4. The van der Waals surface area contributed by atoms with Crippen molar-refractivity contribution in [1.82, 2.24) is 9.55 Å². The Kier molecular flexibility index (Phi) is 7.03. The van der Waals surface area contributed by atoms with Gasteiger partial charge in [0.25, 0.3) is 5.91 Å². The first-order valence-electron chi connectivity index (χ1n) is 10.4. The minimum atomic E-state index is -0.477. The summed E-state index contributed by atoms with van der Waals surface area (Å²) >= 11 is 1.30. The SMILES string of the molecule is COc1ccccc1OCCCn1cc(/C=C(/C#N)C(=O)Nc2nccs2)c2ccccc21. The average Bonchev–Trinajstić information content (AvgIpc) is 3.48. The number of thiazole rings is 1. The molecule has 1 N–H and O–H groups in total. The first-order chi connectivity index (χ1) is 16.2. The van der Waals surface area contributed by atoms with Gasteiger partial charge in [-0.25, -0.2) is 4.98 Å². The third kappa shape index (κ3) is 5.22. The number of aromatic nitrogens is 2. The first-order valence-corrected chi connectivity index (χ1v) is 11.2. The lowest BCUT2D eigenvalue weighted by molar-refractivity contribution is -0.112. The van der Waals surface area contributed by atoms with Gasteiger partial charge in [0.15, 0.2) is 16.6 Å². The van der Waals surface area contributed by atoms with Crippen LogP contribution in [-0.4, -0.2) is 29.2 Å². The molecule has 7 nitrogen and oxygen atoms in total. The van der Waals surface area contributed by atoms with Gasteiger partial charge in [0, 0.05) is 40.8 Å². The molecule has 0 bridgehead atoms. The zero-order chi connectivity index (χ0) is 23.0. The zero-order valence-electron chi connectivity index (χ0n) is 18.0. The van der Waals surface area contributed by atoms with E-state index in [0.29, 0.717) is 23.2 Å². The topological polar surface area (TPSA) is 89.2 Å². The highest BCUT2D eigenvalue weighted by Crippen LogP contribution is 2.27. The van der Waals surface area contributed by atoms with Crippen molar-refractivity contribution in [2.75, 3.05) is 19.0 Å². The Labute approximate surface area is 195 Å². The number of nitrogens with zero attached hydrogens (tertiary/aromatic N) is 3. The number of hydrogen-bond acceptors (Lipinski definition) is 6. The van der Waals surface area contributed by atoms with Crippen LogP contribution in [0.5, 0.6) is 11.5 Å². The van der Waals surface area contributed by atoms with Gasteiger partial charge in [-0.2, -0.15) is 5.26 Å². The van der Waals surface area contributed by atoms with Crippen LogP contribution < -0.4 is 14.8 Å². The molecule has 8 heteroatoms. The third-order valence-corrected chi connectivity index (χ3v) is 5.70. The van der Waals surface area contributed by atoms with Gasteiger partial charge in [-0.1, -0.05) is 30.3 Å². The molecule has 33 heavy (non-hydrogen) atoms. The van der Waals surface area contributed by atoms with Crippen molar-refractivity contribution in [3.8, 4) is 17.6 Å². The minimum absolute atomic E-state index is 0.0209. The second kappa shape index (κ2) is 10.5. The van der Waals surface area contributed by atoms with Crippen LogP contribution in [0.1, 0.15) is 12.0 Å². The van der Waals surface area contributed by atoms with Crippen LogP contribution >= 0.6 is 11.3 Å². The molecule has 0 atom stereocenters. The van der Waals surface area contributed by atoms with E-state index in [1.807, 2.05) is 60.8 Å². The molecule has 0 unspecified atom stereocenters. The molecule has 166 valence electrons. The maximum atomic E-state index is 12.5. The molecular formula is C25H22N4O3S. The number of hydrogen-bond donors (Lipinski definition) is 1. The summed E-state index contributed by atoms with van der Waals surface area (Å²) in [6.07, 6.45) is 5.95. The number of para-hydroxylation sites is 3. The lowest BCUT2D eigenvalue weighted by Gasteiger charge is -2.11. The number of nitriles is 1. The predicted molar refractivity (Wildman–Crippen MR) is 129 cm³/mol. The largest absolute Gasteiger partial charge is 0.493 e. The van der Waals surface area contributed by atoms with Gasteiger partial charge < -0.3 is 14.0 Å². The van der Waals surface area contributed by atoms with Crippen molar-refractivity contribution >= 4 is 39.4 Å². The number of benzene rings is 2. The number of aryl methyl sites for hydroxylation is 1. The Morgan fingerprint density at radius 2 is 2.00 bits per heavy atom. The Balaban J connectivity index is 1.49. The predicted octanol–water partition coefficient (Wildman–Crippen LogP) is 5.12. The van der Waals surface area contributed by atoms with Crippen LogP contribution in [0.15, 0.2) is 71.9 Å². The standard InChI is InChI=1S/C25H22N4O3S/c1-31-22-9-4-5-10-23(22)32-13-6-12-29-17-19(20-7-2-3-8-21(20)29)15-18(16-26)24(30)28-25-27-11-14-33-25/h2-5,7-11,14-15,17H,6,12-13H2,1H3,(H,27,28,30)/b18-15-. The second-order valence-electron chi connectivity index (χ2n) is 7.11. The van der Waals surface area contributed by atoms with Gasteiger partial charge in [-0.15, -0.1) is 11.3 Å². The van der Waals surface area contributed by atoms with E-state index < -0.39 is 5.91 Å². The van der Waals surface area contributed by atoms with Gasteiger partial charge in [-0.3, -0.25) is 10.1 Å². The van der Waals surface area contributed by atoms with E-state index in [2.05, 4.69) is 14.9 Å². The molecule has 2 aromatic carbocycles. The van der Waals surface area contributed by atoms with Crippen LogP contribution in [0.3, 0.4) is 0 Å². The van der Waals surface area contributed by atoms with Gasteiger partial charge in [0.1, 0.15) is 11.6 Å². The fourth-order valence-electron chi connectivity index (χ4n) is 3.48. The van der Waals surface area contributed by atoms with E-state index in [1.165, 1.54) is 11.3 Å². The summed E-state index contributed by atoms with van der Waals surface area (Å²) in [6.45, 7) is 1.24. The highest BCUT2D eigenvalue weighted by atomic mass is 32.1. The van der Waals surface area contributed by atoms with Crippen molar-refractivity contribution in [2.24, 2.45) is 0 Å². The Morgan fingerprint density at radius 1 is 1.21 bits per heavy atom. The molecule has 0 aliphatic heterocycles. The summed E-state index contributed by atoms with van der Waals surface area (Å²) in [6, 6.07) is 17.5. The lowest BCUT2D eigenvalue weighted by atomic mass is 10.1. The van der Waals surface area contributed by atoms with E-state index in [0.717, 1.165) is 29.4 Å². The van der Waals surface area contributed by atoms with Crippen molar-refractivity contribution < 1.29 is 14.3 Å². The fourth-order valence-corrected chi connectivity index (χ4v) is 4.01. The van der Waals surface area contributed by atoms with Crippen molar-refractivity contribution in [1.29, 1.82) is 5.26 Å². The Hall–Kier alpha value is -4.09. The molecule has 0 saturated heterocycles. The maximum absolute atomic E-state index is 12.5. The average molecular weight is 459 g/mol. The molecule has 0 spiro atoms. The molecule has 2 heterocycles. The molecule has 0 aliphatic rings. The number of carbonyl (C=O) groups is 1. The van der Waals surface area contributed by atoms with Crippen molar-refractivity contribution in [3.63, 3.8) is 0 Å². The van der Waals surface area contributed by atoms with Crippen molar-refractivity contribution in [2.45, 2.75) is 13.0 Å². The van der Waals surface area contributed by atoms with Crippen LogP contribution in [0.2, 0.25) is 0 Å². The third-order valence-electron chi connectivity index (χ3n) is 5.01. The first kappa shape index (κ1) is 22.1. The smallest absolute Gasteiger partial charge is 0.268 e. The number of fused-ring (bicyclic) bond motifs is 1. The van der Waals surface area contributed by atoms with E-state index in [1.54, 1.807) is 24.8 Å². The zero-order valence-corrected chi connectivity index (χ0v) is 18.8. The molecule has 0 aliphatic carbocycles. The molecule has 4 rings (SSSR count). The summed E-state index contributed by atoms with van der Waals surface area (Å²) in [7, 11) is 1.62. The second-order valence-corrected chi connectivity index (χ2v) is 8.00. The maximum Gasteiger partial charge on any atom is 0.268 e. The monoisotopic (exact) mass is 458 g/mol. The number of methoxy groups -OCH3 is 1. The minimum Gasteiger partial charge on any atom is -0.493 e. The summed E-state index contributed by atoms with van der Waals surface area (Å²) in [5.74, 6) is 0.941. The fraction of sp³-hybridized carbons (Fsp3) is 0.160. The molecule has 0 fully saturated rings. The van der Waals surface area contributed by atoms with Gasteiger partial charge in [0.05, 0.1) is 13.7 Å². The van der Waals surface area contributed by atoms with Crippen LogP contribution in [0.25, 0.3) is 17.0 Å². The normalized spacial score (nSPS) is 11.2. The molecule has 4 aromatic rings. The number of carbonyl (C=O) groups excluding carboxylic acids is 1. The van der Waals surface area contributed by atoms with Crippen LogP contribution in [-0.2, 0) is 11.3 Å². The number of ether oxygens (including phenoxy) is 2. The molecule has 0 saturated carbocycles. The number of nitrogens with one attached hydrogen (secondary N) is 1. The summed E-state index contributed by atoms with van der Waals surface area (Å²) < 4.78 is 13.3. The van der Waals surface area contributed by atoms with Gasteiger partial charge >= 0.3 is 0 Å². The number of anilines is 1. The lowest BCUT2D eigenvalue weighted by Crippen LogP contribution is -2.13. The molecule has 1 amide bonds. The van der Waals surface area contributed by atoms with Crippen molar-refractivity contribution in [3.05, 3.63) is 77.4 Å². The summed E-state index contributed by atoms with van der Waals surface area (Å²) in [5.41, 5.74) is 1.85. The quantitative estimate of drug-likeness (QED) is 0.214. The highest BCUT2D eigenvalue weighted by Gasteiger charge is 2.13. The van der Waals surface area contributed by atoms with E-state index in [9.17, 15) is 10.1 Å². The molecule has 2 aromatic heterocycles. The number of rotatable bonds is 9. The Bertz CT molecular complexity index is 1320. The van der Waals surface area contributed by atoms with E-state index in [-0.39, 0.29) is 5.57 Å². The van der Waals surface area contributed by atoms with Crippen LogP contribution in [0, 0.1) is 11.3 Å². The molecule has 0 radical (unpaired) electrons. The number of amides is 1. The van der Waals surface area contributed by atoms with E-state index in [4.69, 9.17) is 9.47 Å². The Morgan fingerprint density at radius 3 is 2.76 bits per heavy atom. The van der Waals surface area contributed by atoms with Gasteiger partial charge in [-0.05, 0) is 30.7 Å². The molecular weight excluding hydrogens is 436 g/mol. The highest BCUT2D eigenvalue weighted by molar-refractivity contribution is 7.13.